The van der Waals surface area contributed by atoms with E-state index in [4.69, 9.17) is 4.74 Å². The van der Waals surface area contributed by atoms with E-state index in [0.717, 1.165) is 77.9 Å². The summed E-state index contributed by atoms with van der Waals surface area (Å²) in [5.74, 6) is 0.774. The molecular formula is C80H58N2O3P2. The van der Waals surface area contributed by atoms with Crippen LogP contribution in [0.1, 0.15) is 0 Å². The van der Waals surface area contributed by atoms with Crippen molar-refractivity contribution in [1.29, 1.82) is 0 Å². The first-order valence-corrected chi connectivity index (χ1v) is 32.6. The van der Waals surface area contributed by atoms with Gasteiger partial charge >= 0.3 is 0 Å². The third kappa shape index (κ3) is 10.4. The number of nitrogens with zero attached hydrogens (tertiary/aromatic N) is 2. The van der Waals surface area contributed by atoms with Crippen LogP contribution in [0.25, 0.3) is 43.8 Å². The lowest BCUT2D eigenvalue weighted by Gasteiger charge is -2.27. The van der Waals surface area contributed by atoms with Gasteiger partial charge in [-0.05, 0) is 118 Å². The van der Waals surface area contributed by atoms with E-state index in [0.29, 0.717) is 43.3 Å². The Labute approximate surface area is 508 Å². The second-order valence-corrected chi connectivity index (χ2v) is 26.9. The zero-order chi connectivity index (χ0) is 58.6. The van der Waals surface area contributed by atoms with E-state index in [1.807, 2.05) is 170 Å². The maximum Gasteiger partial charge on any atom is 0.174 e. The number of rotatable bonds is 16. The minimum atomic E-state index is -3.73. The maximum atomic E-state index is 16.9. The number of ether oxygens (including phenoxy) is 1. The van der Waals surface area contributed by atoms with Crippen LogP contribution in [0.15, 0.2) is 352 Å². The van der Waals surface area contributed by atoms with Crippen molar-refractivity contribution >= 4 is 102 Å². The summed E-state index contributed by atoms with van der Waals surface area (Å²) in [6, 6.07) is 119. The molecule has 0 aromatic heterocycles. The molecule has 0 saturated heterocycles. The van der Waals surface area contributed by atoms with E-state index in [2.05, 4.69) is 192 Å². The van der Waals surface area contributed by atoms with Gasteiger partial charge in [0.1, 0.15) is 11.5 Å². The molecule has 0 spiro atoms. The number of hydrogen-bond acceptors (Lipinski definition) is 5. The SMILES string of the molecule is O=P(c1ccccc1)(c1ccccc1)c1cc(-c2ccc(N(c3ccccc3)c3cccc4ccccc34)cc2)ccc1Oc1ccc(-c2ccc(N(c3ccccc3)c3cccc4ccccc34)cc2)cc1P(=O)(c1ccccc1)c1ccccc1. The van der Waals surface area contributed by atoms with Crippen molar-refractivity contribution in [2.45, 2.75) is 0 Å². The summed E-state index contributed by atoms with van der Waals surface area (Å²) in [7, 11) is -7.47. The van der Waals surface area contributed by atoms with Gasteiger partial charge in [-0.15, -0.1) is 0 Å². The summed E-state index contributed by atoms with van der Waals surface area (Å²) in [5, 5.41) is 8.26. The summed E-state index contributed by atoms with van der Waals surface area (Å²) in [5.41, 5.74) is 9.77. The molecule has 0 bridgehead atoms. The molecule has 14 rings (SSSR count). The van der Waals surface area contributed by atoms with Crippen molar-refractivity contribution in [1.82, 2.24) is 0 Å². The van der Waals surface area contributed by atoms with E-state index >= 15 is 9.13 Å². The summed E-state index contributed by atoms with van der Waals surface area (Å²) in [6.07, 6.45) is 0. The minimum absolute atomic E-state index is 0.387. The Morgan fingerprint density at radius 3 is 0.862 bits per heavy atom. The van der Waals surface area contributed by atoms with E-state index in [-0.39, 0.29) is 0 Å². The fourth-order valence-corrected chi connectivity index (χ4v) is 17.6. The van der Waals surface area contributed by atoms with Gasteiger partial charge in [-0.2, -0.15) is 0 Å². The summed E-state index contributed by atoms with van der Waals surface area (Å²) in [6.45, 7) is 0. The van der Waals surface area contributed by atoms with Crippen LogP contribution < -0.4 is 46.4 Å². The molecule has 0 aliphatic rings. The van der Waals surface area contributed by atoms with Gasteiger partial charge in [0.25, 0.3) is 0 Å². The summed E-state index contributed by atoms with van der Waals surface area (Å²) >= 11 is 0. The van der Waals surface area contributed by atoms with Gasteiger partial charge in [0.05, 0.1) is 22.0 Å². The van der Waals surface area contributed by atoms with Crippen LogP contribution in [-0.4, -0.2) is 0 Å². The van der Waals surface area contributed by atoms with Crippen LogP contribution in [0.5, 0.6) is 11.5 Å². The number of hydrogen-bond donors (Lipinski definition) is 0. The Kier molecular flexibility index (Phi) is 14.9. The Bertz CT molecular complexity index is 4410. The Morgan fingerprint density at radius 1 is 0.241 bits per heavy atom. The molecule has 0 saturated carbocycles. The standard InChI is InChI=1S/C80H58N2O3P2/c83-86(69-33-11-3-12-34-69,70-35-13-4-14-36-70)79-57-63(59-45-51-67(52-46-59)81(65-29-7-1-8-30-65)75-43-23-27-61-25-19-21-41-73(61)75)49-55-77(79)85-78-56-50-64(58-80(78)87(84,71-37-15-5-16-38-71)72-39-17-6-18-40-72)60-47-53-68(54-48-60)82(66-31-9-2-10-32-66)76-44-24-28-62-26-20-22-42-74(62)76/h1-58H. The zero-order valence-electron chi connectivity index (χ0n) is 47.5. The Hall–Kier alpha value is -10.5. The smallest absolute Gasteiger partial charge is 0.174 e. The van der Waals surface area contributed by atoms with Crippen LogP contribution in [0, 0.1) is 0 Å². The van der Waals surface area contributed by atoms with Crippen LogP contribution in [-0.2, 0) is 9.13 Å². The lowest BCUT2D eigenvalue weighted by molar-refractivity contribution is 0.489. The van der Waals surface area contributed by atoms with Crippen LogP contribution in [0.4, 0.5) is 34.1 Å². The lowest BCUT2D eigenvalue weighted by atomic mass is 10.0. The molecule has 0 aliphatic carbocycles. The van der Waals surface area contributed by atoms with Crippen LogP contribution in [0.3, 0.4) is 0 Å². The molecule has 14 aromatic rings. The van der Waals surface area contributed by atoms with E-state index < -0.39 is 14.3 Å². The van der Waals surface area contributed by atoms with Crippen molar-refractivity contribution in [3.8, 4) is 33.8 Å². The van der Waals surface area contributed by atoms with E-state index in [1.54, 1.807) is 0 Å². The Morgan fingerprint density at radius 2 is 0.517 bits per heavy atom. The molecule has 0 aliphatic heterocycles. The van der Waals surface area contributed by atoms with Crippen molar-refractivity contribution in [3.05, 3.63) is 352 Å². The molecule has 87 heavy (non-hydrogen) atoms. The second-order valence-electron chi connectivity index (χ2n) is 21.5. The molecule has 0 atom stereocenters. The van der Waals surface area contributed by atoms with Gasteiger partial charge in [-0.3, -0.25) is 0 Å². The van der Waals surface area contributed by atoms with Gasteiger partial charge in [0, 0.05) is 54.7 Å². The van der Waals surface area contributed by atoms with Gasteiger partial charge in [0.15, 0.2) is 14.3 Å². The fourth-order valence-electron chi connectivity index (χ4n) is 12.0. The number of para-hydroxylation sites is 2. The zero-order valence-corrected chi connectivity index (χ0v) is 49.3. The highest BCUT2D eigenvalue weighted by Crippen LogP contribution is 2.51. The molecule has 0 amide bonds. The lowest BCUT2D eigenvalue weighted by Crippen LogP contribution is -2.28. The normalized spacial score (nSPS) is 11.5. The van der Waals surface area contributed by atoms with Crippen molar-refractivity contribution in [3.63, 3.8) is 0 Å². The molecular weight excluding hydrogens is 1100 g/mol. The first kappa shape index (κ1) is 54.4. The molecule has 416 valence electrons. The molecule has 7 heteroatoms. The topological polar surface area (TPSA) is 49.9 Å². The molecule has 0 N–H and O–H groups in total. The molecule has 0 heterocycles. The number of benzene rings is 14. The van der Waals surface area contributed by atoms with Gasteiger partial charge in [-0.25, -0.2) is 0 Å². The first-order chi connectivity index (χ1) is 42.9. The molecule has 0 radical (unpaired) electrons. The predicted octanol–water partition coefficient (Wildman–Crippen LogP) is 19.3. The first-order valence-electron chi connectivity index (χ1n) is 29.2. The maximum absolute atomic E-state index is 16.9. The van der Waals surface area contributed by atoms with Crippen molar-refractivity contribution in [2.24, 2.45) is 0 Å². The highest BCUT2D eigenvalue weighted by molar-refractivity contribution is 7.86. The predicted molar refractivity (Wildman–Crippen MR) is 367 cm³/mol. The fraction of sp³-hybridized carbons (Fsp3) is 0. The average Bonchev–Trinajstić information content (AvgIpc) is 1.83. The summed E-state index contributed by atoms with van der Waals surface area (Å²) < 4.78 is 41.2. The monoisotopic (exact) mass is 1160 g/mol. The van der Waals surface area contributed by atoms with Crippen LogP contribution >= 0.6 is 14.3 Å². The molecule has 14 aromatic carbocycles. The van der Waals surface area contributed by atoms with E-state index in [9.17, 15) is 0 Å². The van der Waals surface area contributed by atoms with Crippen LogP contribution in [0.2, 0.25) is 0 Å². The number of anilines is 6. The minimum Gasteiger partial charge on any atom is -0.456 e. The highest BCUT2D eigenvalue weighted by atomic mass is 31.2. The van der Waals surface area contributed by atoms with Gasteiger partial charge < -0.3 is 23.7 Å². The molecule has 0 fully saturated rings. The third-order valence-corrected chi connectivity index (χ3v) is 22.4. The largest absolute Gasteiger partial charge is 0.456 e. The van der Waals surface area contributed by atoms with E-state index in [1.165, 1.54) is 0 Å². The van der Waals surface area contributed by atoms with Crippen molar-refractivity contribution < 1.29 is 13.9 Å². The van der Waals surface area contributed by atoms with Crippen molar-refractivity contribution in [2.75, 3.05) is 9.80 Å². The quantitative estimate of drug-likeness (QED) is 0.0903. The van der Waals surface area contributed by atoms with Gasteiger partial charge in [0.2, 0.25) is 0 Å². The number of fused-ring (bicyclic) bond motifs is 2. The van der Waals surface area contributed by atoms with Gasteiger partial charge in [-0.1, -0.05) is 267 Å². The highest BCUT2D eigenvalue weighted by Gasteiger charge is 2.37. The Balaban J connectivity index is 0.922. The molecule has 5 nitrogen and oxygen atoms in total. The second kappa shape index (κ2) is 23.8. The average molecular weight is 1160 g/mol. The molecule has 0 unspecified atom stereocenters. The third-order valence-electron chi connectivity index (χ3n) is 16.3. The summed E-state index contributed by atoms with van der Waals surface area (Å²) in [4.78, 5) is 4.59.